The molecule has 1 aliphatic carbocycles. The average molecular weight is 248 g/mol. The number of halogens is 1. The van der Waals surface area contributed by atoms with Gasteiger partial charge in [0.1, 0.15) is 0 Å². The lowest BCUT2D eigenvalue weighted by molar-refractivity contribution is 0.0480. The molecule has 0 heterocycles. The lowest BCUT2D eigenvalue weighted by Gasteiger charge is -2.53. The Morgan fingerprint density at radius 2 is 1.94 bits per heavy atom. The summed E-state index contributed by atoms with van der Waals surface area (Å²) in [6.07, 6.45) is 4.27. The van der Waals surface area contributed by atoms with Gasteiger partial charge < -0.3 is 0 Å². The smallest absolute Gasteiger partial charge is 0.0833 e. The molecule has 0 aromatic heterocycles. The summed E-state index contributed by atoms with van der Waals surface area (Å²) < 4.78 is 0. The Morgan fingerprint density at radius 1 is 1.29 bits per heavy atom. The molecule has 0 saturated heterocycles. The van der Waals surface area contributed by atoms with E-state index in [-0.39, 0.29) is 5.41 Å². The lowest BCUT2D eigenvalue weighted by atomic mass is 9.49. The van der Waals surface area contributed by atoms with Crippen molar-refractivity contribution in [3.05, 3.63) is 34.9 Å². The van der Waals surface area contributed by atoms with Gasteiger partial charge in [-0.15, -0.1) is 0 Å². The molecular weight excluding hydrogens is 230 g/mol. The Bertz CT molecular complexity index is 446. The Morgan fingerprint density at radius 3 is 2.41 bits per heavy atom. The minimum atomic E-state index is -0.295. The van der Waals surface area contributed by atoms with Gasteiger partial charge >= 0.3 is 0 Å². The fraction of sp³-hybridized carbons (Fsp3) is 0.533. The Balaban J connectivity index is 2.29. The zero-order valence-corrected chi connectivity index (χ0v) is 11.2. The molecule has 1 aromatic rings. The second kappa shape index (κ2) is 4.35. The monoisotopic (exact) mass is 247 g/mol. The van der Waals surface area contributed by atoms with Crippen LogP contribution in [0, 0.1) is 16.7 Å². The highest BCUT2D eigenvalue weighted by atomic mass is 35.5. The molecule has 2 rings (SSSR count). The largest absolute Gasteiger partial charge is 0.197 e. The Kier molecular flexibility index (Phi) is 3.19. The molecule has 0 atom stereocenters. The first-order valence-electron chi connectivity index (χ1n) is 6.27. The Labute approximate surface area is 108 Å². The van der Waals surface area contributed by atoms with Crippen molar-refractivity contribution < 1.29 is 0 Å². The van der Waals surface area contributed by atoms with Gasteiger partial charge in [0.15, 0.2) is 0 Å². The summed E-state index contributed by atoms with van der Waals surface area (Å²) in [4.78, 5) is 0. The van der Waals surface area contributed by atoms with E-state index in [2.05, 4.69) is 19.9 Å². The molecule has 17 heavy (non-hydrogen) atoms. The van der Waals surface area contributed by atoms with Gasteiger partial charge in [-0.05, 0) is 36.0 Å². The molecule has 0 bridgehead atoms. The first-order chi connectivity index (χ1) is 8.10. The quantitative estimate of drug-likeness (QED) is 0.759. The highest BCUT2D eigenvalue weighted by Crippen LogP contribution is 2.59. The fourth-order valence-electron chi connectivity index (χ4n) is 3.11. The van der Waals surface area contributed by atoms with E-state index in [1.165, 1.54) is 0 Å². The summed E-state index contributed by atoms with van der Waals surface area (Å²) in [7, 11) is 0. The highest BCUT2D eigenvalue weighted by molar-refractivity contribution is 6.30. The van der Waals surface area contributed by atoms with Gasteiger partial charge in [-0.1, -0.05) is 50.4 Å². The van der Waals surface area contributed by atoms with E-state index in [1.54, 1.807) is 0 Å². The van der Waals surface area contributed by atoms with Gasteiger partial charge in [0, 0.05) is 5.02 Å². The van der Waals surface area contributed by atoms with Crippen molar-refractivity contribution in [2.45, 2.75) is 44.9 Å². The SMILES string of the molecule is CCC1(CC)CC(C#N)(c2cccc(Cl)c2)C1. The predicted octanol–water partition coefficient (Wildman–Crippen LogP) is 4.70. The summed E-state index contributed by atoms with van der Waals surface area (Å²) in [5.74, 6) is 0. The van der Waals surface area contributed by atoms with Crippen LogP contribution in [0.25, 0.3) is 0 Å². The fourth-order valence-corrected chi connectivity index (χ4v) is 3.30. The number of nitriles is 1. The zero-order chi connectivity index (χ0) is 12.5. The van der Waals surface area contributed by atoms with Gasteiger partial charge in [-0.25, -0.2) is 0 Å². The van der Waals surface area contributed by atoms with Crippen molar-refractivity contribution in [1.82, 2.24) is 0 Å². The second-order valence-corrected chi connectivity index (χ2v) is 5.70. The third kappa shape index (κ3) is 1.96. The van der Waals surface area contributed by atoms with Crippen LogP contribution in [0.15, 0.2) is 24.3 Å². The van der Waals surface area contributed by atoms with E-state index in [0.717, 1.165) is 36.3 Å². The maximum absolute atomic E-state index is 9.51. The van der Waals surface area contributed by atoms with Crippen LogP contribution in [0.1, 0.15) is 45.1 Å². The molecular formula is C15H18ClN. The van der Waals surface area contributed by atoms with Gasteiger partial charge in [0.05, 0.1) is 11.5 Å². The summed E-state index contributed by atoms with van der Waals surface area (Å²) in [6.45, 7) is 4.45. The van der Waals surface area contributed by atoms with E-state index in [1.807, 2.05) is 24.3 Å². The van der Waals surface area contributed by atoms with Crippen LogP contribution in [0.4, 0.5) is 0 Å². The number of nitrogens with zero attached hydrogens (tertiary/aromatic N) is 1. The summed E-state index contributed by atoms with van der Waals surface area (Å²) in [6, 6.07) is 10.3. The molecule has 90 valence electrons. The number of hydrogen-bond acceptors (Lipinski definition) is 1. The van der Waals surface area contributed by atoms with Crippen LogP contribution < -0.4 is 0 Å². The van der Waals surface area contributed by atoms with Gasteiger partial charge in [-0.3, -0.25) is 0 Å². The van der Waals surface area contributed by atoms with Crippen molar-refractivity contribution in [3.8, 4) is 6.07 Å². The molecule has 1 saturated carbocycles. The van der Waals surface area contributed by atoms with E-state index >= 15 is 0 Å². The van der Waals surface area contributed by atoms with Crippen molar-refractivity contribution in [2.75, 3.05) is 0 Å². The van der Waals surface area contributed by atoms with Gasteiger partial charge in [0.25, 0.3) is 0 Å². The number of rotatable bonds is 3. The topological polar surface area (TPSA) is 23.8 Å². The molecule has 2 heteroatoms. The molecule has 1 aromatic carbocycles. The van der Waals surface area contributed by atoms with Crippen LogP contribution in [0.3, 0.4) is 0 Å². The van der Waals surface area contributed by atoms with Crippen molar-refractivity contribution >= 4 is 11.6 Å². The lowest BCUT2D eigenvalue weighted by Crippen LogP contribution is -2.48. The van der Waals surface area contributed by atoms with Gasteiger partial charge in [0.2, 0.25) is 0 Å². The maximum atomic E-state index is 9.51. The van der Waals surface area contributed by atoms with Crippen LogP contribution in [-0.4, -0.2) is 0 Å². The first kappa shape index (κ1) is 12.5. The molecule has 0 unspecified atom stereocenters. The summed E-state index contributed by atoms with van der Waals surface area (Å²) >= 11 is 6.02. The molecule has 0 amide bonds. The van der Waals surface area contributed by atoms with Crippen LogP contribution >= 0.6 is 11.6 Å². The molecule has 0 N–H and O–H groups in total. The zero-order valence-electron chi connectivity index (χ0n) is 10.5. The van der Waals surface area contributed by atoms with Crippen molar-refractivity contribution in [3.63, 3.8) is 0 Å². The van der Waals surface area contributed by atoms with Crippen molar-refractivity contribution in [1.29, 1.82) is 5.26 Å². The normalized spacial score (nSPS) is 20.4. The molecule has 1 fully saturated rings. The van der Waals surface area contributed by atoms with E-state index in [4.69, 9.17) is 11.6 Å². The van der Waals surface area contributed by atoms with Gasteiger partial charge in [-0.2, -0.15) is 5.26 Å². The number of hydrogen-bond donors (Lipinski definition) is 0. The molecule has 0 aliphatic heterocycles. The summed E-state index contributed by atoms with van der Waals surface area (Å²) in [5.41, 5.74) is 1.17. The second-order valence-electron chi connectivity index (χ2n) is 5.26. The summed E-state index contributed by atoms with van der Waals surface area (Å²) in [5, 5.41) is 10.2. The minimum absolute atomic E-state index is 0.295. The van der Waals surface area contributed by atoms with Crippen LogP contribution in [0.2, 0.25) is 5.02 Å². The predicted molar refractivity (Wildman–Crippen MR) is 71.0 cm³/mol. The molecule has 0 radical (unpaired) electrons. The Hall–Kier alpha value is -1.00. The molecule has 1 nitrogen and oxygen atoms in total. The molecule has 0 spiro atoms. The maximum Gasteiger partial charge on any atom is 0.0833 e. The minimum Gasteiger partial charge on any atom is -0.197 e. The van der Waals surface area contributed by atoms with Crippen molar-refractivity contribution in [2.24, 2.45) is 5.41 Å². The average Bonchev–Trinajstić information content (AvgIpc) is 2.30. The van der Waals surface area contributed by atoms with E-state index < -0.39 is 0 Å². The number of benzene rings is 1. The first-order valence-corrected chi connectivity index (χ1v) is 6.65. The standard InChI is InChI=1S/C15H18ClN/c1-3-14(4-2)9-15(10-14,11-17)12-6-5-7-13(16)8-12/h5-8H,3-4,9-10H2,1-2H3. The van der Waals surface area contributed by atoms with Crippen LogP contribution in [0.5, 0.6) is 0 Å². The van der Waals surface area contributed by atoms with E-state index in [9.17, 15) is 5.26 Å². The van der Waals surface area contributed by atoms with Crippen LogP contribution in [-0.2, 0) is 5.41 Å². The molecule has 1 aliphatic rings. The third-order valence-corrected chi connectivity index (χ3v) is 4.68. The van der Waals surface area contributed by atoms with E-state index in [0.29, 0.717) is 5.41 Å². The highest BCUT2D eigenvalue weighted by Gasteiger charge is 2.53. The third-order valence-electron chi connectivity index (χ3n) is 4.44.